The first-order valence-corrected chi connectivity index (χ1v) is 10.1. The molecule has 4 amide bonds. The van der Waals surface area contributed by atoms with E-state index < -0.39 is 24.5 Å². The molecule has 0 aromatic heterocycles. The predicted octanol–water partition coefficient (Wildman–Crippen LogP) is 1.79. The van der Waals surface area contributed by atoms with Gasteiger partial charge in [-0.1, -0.05) is 12.1 Å². The van der Waals surface area contributed by atoms with E-state index in [-0.39, 0.29) is 23.3 Å². The molecule has 0 radical (unpaired) electrons. The molecular weight excluding hydrogens is 382 g/mol. The summed E-state index contributed by atoms with van der Waals surface area (Å²) in [6.07, 6.45) is 2.05. The number of carbonyl (C=O) groups excluding carboxylic acids is 4. The Morgan fingerprint density at radius 2 is 1.82 bits per heavy atom. The number of hydrogen-bond acceptors (Lipinski definition) is 6. The summed E-state index contributed by atoms with van der Waals surface area (Å²) in [5.74, 6) is -1.13. The zero-order valence-corrected chi connectivity index (χ0v) is 16.8. The molecule has 28 heavy (non-hydrogen) atoms. The number of likely N-dealkylation sites (tertiary alicyclic amines) is 1. The summed E-state index contributed by atoms with van der Waals surface area (Å²) in [6, 6.07) is 5.99. The van der Waals surface area contributed by atoms with Crippen LogP contribution in [0.25, 0.3) is 0 Å². The number of benzene rings is 1. The van der Waals surface area contributed by atoms with Crippen molar-refractivity contribution in [2.45, 2.75) is 37.6 Å². The lowest BCUT2D eigenvalue weighted by Gasteiger charge is -2.15. The van der Waals surface area contributed by atoms with Crippen LogP contribution in [-0.4, -0.2) is 60.2 Å². The van der Waals surface area contributed by atoms with E-state index in [0.29, 0.717) is 4.90 Å². The average molecular weight is 407 g/mol. The topological polar surface area (TPSA) is 105 Å². The zero-order valence-electron chi connectivity index (χ0n) is 16.0. The number of nitrogens with zero attached hydrogens (tertiary/aromatic N) is 1. The van der Waals surface area contributed by atoms with Crippen LogP contribution in [0.4, 0.5) is 4.79 Å². The molecule has 1 aliphatic rings. The first kappa shape index (κ1) is 21.7. The molecule has 1 aromatic carbocycles. The highest BCUT2D eigenvalue weighted by atomic mass is 32.2. The fraction of sp³-hybridized carbons (Fsp3) is 0.474. The molecule has 1 saturated heterocycles. The van der Waals surface area contributed by atoms with Gasteiger partial charge in [-0.25, -0.2) is 9.59 Å². The fourth-order valence-corrected chi connectivity index (χ4v) is 3.57. The lowest BCUT2D eigenvalue weighted by atomic mass is 10.2. The van der Waals surface area contributed by atoms with E-state index in [1.807, 2.05) is 4.90 Å². The SMILES string of the molecule is CC(C)NC(=O)NC(=O)COC(=O)c1ccccc1SCC(=O)N1CCCC1. The molecule has 1 aromatic rings. The largest absolute Gasteiger partial charge is 0.452 e. The number of ether oxygens (including phenoxy) is 1. The van der Waals surface area contributed by atoms with E-state index in [1.165, 1.54) is 11.8 Å². The van der Waals surface area contributed by atoms with Gasteiger partial charge in [0.2, 0.25) is 5.91 Å². The molecule has 0 bridgehead atoms. The number of esters is 1. The van der Waals surface area contributed by atoms with E-state index in [4.69, 9.17) is 4.74 Å². The van der Waals surface area contributed by atoms with Crippen LogP contribution in [0.5, 0.6) is 0 Å². The molecule has 8 nitrogen and oxygen atoms in total. The Morgan fingerprint density at radius 1 is 1.14 bits per heavy atom. The predicted molar refractivity (Wildman–Crippen MR) is 105 cm³/mol. The number of amides is 4. The smallest absolute Gasteiger partial charge is 0.339 e. The molecule has 1 heterocycles. The lowest BCUT2D eigenvalue weighted by Crippen LogP contribution is -2.44. The molecule has 0 unspecified atom stereocenters. The van der Waals surface area contributed by atoms with Gasteiger partial charge >= 0.3 is 12.0 Å². The summed E-state index contributed by atoms with van der Waals surface area (Å²) in [6.45, 7) is 4.50. The summed E-state index contributed by atoms with van der Waals surface area (Å²) in [5, 5.41) is 4.58. The molecule has 0 spiro atoms. The van der Waals surface area contributed by atoms with E-state index in [9.17, 15) is 19.2 Å². The first-order valence-electron chi connectivity index (χ1n) is 9.14. The lowest BCUT2D eigenvalue weighted by molar-refractivity contribution is -0.127. The van der Waals surface area contributed by atoms with Crippen LogP contribution in [0.2, 0.25) is 0 Å². The Hall–Kier alpha value is -2.55. The molecule has 2 rings (SSSR count). The normalized spacial score (nSPS) is 13.3. The van der Waals surface area contributed by atoms with Gasteiger partial charge in [0.15, 0.2) is 6.61 Å². The maximum atomic E-state index is 12.3. The van der Waals surface area contributed by atoms with Gasteiger partial charge in [0.1, 0.15) is 0 Å². The van der Waals surface area contributed by atoms with Crippen molar-refractivity contribution in [3.05, 3.63) is 29.8 Å². The number of imide groups is 1. The summed E-state index contributed by atoms with van der Waals surface area (Å²) in [4.78, 5) is 50.1. The summed E-state index contributed by atoms with van der Waals surface area (Å²) in [7, 11) is 0. The molecule has 152 valence electrons. The summed E-state index contributed by atoms with van der Waals surface area (Å²) < 4.78 is 5.00. The van der Waals surface area contributed by atoms with Crippen molar-refractivity contribution in [2.24, 2.45) is 0 Å². The van der Waals surface area contributed by atoms with Gasteiger partial charge in [0.05, 0.1) is 11.3 Å². The standard InChI is InChI=1S/C19H25N3O5S/c1-13(2)20-19(26)21-16(23)11-27-18(25)14-7-3-4-8-15(14)28-12-17(24)22-9-5-6-10-22/h3-4,7-8,13H,5-6,9-12H2,1-2H3,(H2,20,21,23,26). The van der Waals surface area contributed by atoms with Crippen LogP contribution in [0, 0.1) is 0 Å². The Bertz CT molecular complexity index is 732. The minimum atomic E-state index is -0.721. The van der Waals surface area contributed by atoms with E-state index in [0.717, 1.165) is 25.9 Å². The number of hydrogen-bond donors (Lipinski definition) is 2. The van der Waals surface area contributed by atoms with Gasteiger partial charge < -0.3 is 15.0 Å². The highest BCUT2D eigenvalue weighted by molar-refractivity contribution is 8.00. The van der Waals surface area contributed by atoms with E-state index in [1.54, 1.807) is 38.1 Å². The van der Waals surface area contributed by atoms with Gasteiger partial charge in [-0.05, 0) is 38.8 Å². The van der Waals surface area contributed by atoms with Crippen LogP contribution < -0.4 is 10.6 Å². The monoisotopic (exact) mass is 407 g/mol. The minimum Gasteiger partial charge on any atom is -0.452 e. The number of carbonyl (C=O) groups is 4. The van der Waals surface area contributed by atoms with E-state index in [2.05, 4.69) is 10.6 Å². The quantitative estimate of drug-likeness (QED) is 0.527. The fourth-order valence-electron chi connectivity index (χ4n) is 2.63. The molecule has 0 aliphatic carbocycles. The molecule has 9 heteroatoms. The van der Waals surface area contributed by atoms with Gasteiger partial charge in [-0.3, -0.25) is 14.9 Å². The van der Waals surface area contributed by atoms with Crippen LogP contribution in [0.3, 0.4) is 0 Å². The van der Waals surface area contributed by atoms with Crippen LogP contribution >= 0.6 is 11.8 Å². The second-order valence-corrected chi connectivity index (χ2v) is 7.64. The molecule has 2 N–H and O–H groups in total. The summed E-state index contributed by atoms with van der Waals surface area (Å²) >= 11 is 1.27. The van der Waals surface area contributed by atoms with Crippen molar-refractivity contribution in [3.63, 3.8) is 0 Å². The Balaban J connectivity index is 1.86. The van der Waals surface area contributed by atoms with E-state index >= 15 is 0 Å². The second-order valence-electron chi connectivity index (χ2n) is 6.63. The van der Waals surface area contributed by atoms with Crippen LogP contribution in [0.15, 0.2) is 29.2 Å². The van der Waals surface area contributed by atoms with Crippen molar-refractivity contribution >= 4 is 35.6 Å². The Labute approximate surface area is 168 Å². The number of nitrogens with one attached hydrogen (secondary N) is 2. The minimum absolute atomic E-state index is 0.0428. The van der Waals surface area contributed by atoms with Gasteiger partial charge in [-0.2, -0.15) is 0 Å². The Morgan fingerprint density at radius 3 is 2.50 bits per heavy atom. The number of rotatable bonds is 7. The van der Waals surface area contributed by atoms with Crippen molar-refractivity contribution < 1.29 is 23.9 Å². The molecule has 1 aliphatic heterocycles. The maximum Gasteiger partial charge on any atom is 0.339 e. The molecule has 0 saturated carbocycles. The first-order chi connectivity index (χ1) is 13.4. The Kier molecular flexibility index (Phi) is 8.31. The molecule has 1 fully saturated rings. The highest BCUT2D eigenvalue weighted by Gasteiger charge is 2.20. The average Bonchev–Trinajstić information content (AvgIpc) is 3.18. The molecular formula is C19H25N3O5S. The zero-order chi connectivity index (χ0) is 20.5. The third-order valence-corrected chi connectivity index (χ3v) is 4.98. The summed E-state index contributed by atoms with van der Waals surface area (Å²) in [5.41, 5.74) is 0.279. The van der Waals surface area contributed by atoms with Gasteiger partial charge in [-0.15, -0.1) is 11.8 Å². The third-order valence-electron chi connectivity index (χ3n) is 3.92. The molecule has 0 atom stereocenters. The van der Waals surface area contributed by atoms with Crippen molar-refractivity contribution in [1.82, 2.24) is 15.5 Å². The van der Waals surface area contributed by atoms with Gasteiger partial charge in [0, 0.05) is 24.0 Å². The van der Waals surface area contributed by atoms with Gasteiger partial charge in [0.25, 0.3) is 5.91 Å². The van der Waals surface area contributed by atoms with Crippen molar-refractivity contribution in [2.75, 3.05) is 25.4 Å². The van der Waals surface area contributed by atoms with Crippen molar-refractivity contribution in [1.29, 1.82) is 0 Å². The highest BCUT2D eigenvalue weighted by Crippen LogP contribution is 2.24. The van der Waals surface area contributed by atoms with Crippen LogP contribution in [0.1, 0.15) is 37.0 Å². The van der Waals surface area contributed by atoms with Crippen molar-refractivity contribution in [3.8, 4) is 0 Å². The number of urea groups is 1. The maximum absolute atomic E-state index is 12.3. The number of thioether (sulfide) groups is 1. The van der Waals surface area contributed by atoms with Crippen LogP contribution in [-0.2, 0) is 14.3 Å². The second kappa shape index (κ2) is 10.7. The third kappa shape index (κ3) is 6.88.